The lowest BCUT2D eigenvalue weighted by atomic mass is 10.0. The van der Waals surface area contributed by atoms with E-state index in [1.54, 1.807) is 0 Å². The van der Waals surface area contributed by atoms with Gasteiger partial charge in [0.1, 0.15) is 0 Å². The highest BCUT2D eigenvalue weighted by Crippen LogP contribution is 2.21. The van der Waals surface area contributed by atoms with Gasteiger partial charge in [-0.3, -0.25) is 9.59 Å². The van der Waals surface area contributed by atoms with Crippen LogP contribution in [0.3, 0.4) is 0 Å². The van der Waals surface area contributed by atoms with Crippen molar-refractivity contribution >= 4 is 11.8 Å². The first-order valence-corrected chi connectivity index (χ1v) is 9.70. The van der Waals surface area contributed by atoms with Crippen LogP contribution in [0.25, 0.3) is 0 Å². The molecule has 0 radical (unpaired) electrons. The van der Waals surface area contributed by atoms with Crippen molar-refractivity contribution in [2.45, 2.75) is 46.2 Å². The van der Waals surface area contributed by atoms with Crippen molar-refractivity contribution in [1.29, 1.82) is 0 Å². The molecule has 1 unspecified atom stereocenters. The lowest BCUT2D eigenvalue weighted by molar-refractivity contribution is -0.133. The van der Waals surface area contributed by atoms with Gasteiger partial charge in [-0.1, -0.05) is 55.5 Å². The molecule has 27 heavy (non-hydrogen) atoms. The van der Waals surface area contributed by atoms with Crippen LogP contribution in [0.1, 0.15) is 46.8 Å². The quantitative estimate of drug-likeness (QED) is 0.824. The molecular weight excluding hydrogens is 336 g/mol. The molecule has 4 nitrogen and oxygen atoms in total. The fourth-order valence-electron chi connectivity index (χ4n) is 3.86. The molecule has 0 aromatic heterocycles. The second kappa shape index (κ2) is 8.38. The minimum absolute atomic E-state index is 0.0356. The molecule has 4 heteroatoms. The predicted octanol–water partition coefficient (Wildman–Crippen LogP) is 3.96. The minimum Gasteiger partial charge on any atom is -0.336 e. The third-order valence-electron chi connectivity index (χ3n) is 5.44. The van der Waals surface area contributed by atoms with Crippen molar-refractivity contribution in [3.63, 3.8) is 0 Å². The normalized spacial score (nSPS) is 17.7. The van der Waals surface area contributed by atoms with Crippen LogP contribution in [0.4, 0.5) is 0 Å². The molecule has 142 valence electrons. The van der Waals surface area contributed by atoms with Crippen molar-refractivity contribution in [3.8, 4) is 0 Å². The second-order valence-electron chi connectivity index (χ2n) is 7.34. The Morgan fingerprint density at radius 2 is 1.70 bits per heavy atom. The van der Waals surface area contributed by atoms with E-state index in [0.29, 0.717) is 26.1 Å². The summed E-state index contributed by atoms with van der Waals surface area (Å²) in [6, 6.07) is 16.0. The van der Waals surface area contributed by atoms with Crippen molar-refractivity contribution in [1.82, 2.24) is 9.80 Å². The first kappa shape index (κ1) is 19.2. The number of carbonyl (C=O) groups excluding carboxylic acids is 2. The van der Waals surface area contributed by atoms with Crippen LogP contribution in [0.5, 0.6) is 0 Å². The summed E-state index contributed by atoms with van der Waals surface area (Å²) in [4.78, 5) is 29.9. The van der Waals surface area contributed by atoms with Gasteiger partial charge < -0.3 is 9.80 Å². The highest BCUT2D eigenvalue weighted by molar-refractivity contribution is 5.97. The van der Waals surface area contributed by atoms with Gasteiger partial charge in [0.15, 0.2) is 0 Å². The van der Waals surface area contributed by atoms with Gasteiger partial charge in [0.05, 0.1) is 0 Å². The zero-order valence-electron chi connectivity index (χ0n) is 16.4. The number of hydrogen-bond donors (Lipinski definition) is 0. The van der Waals surface area contributed by atoms with Gasteiger partial charge >= 0.3 is 0 Å². The van der Waals surface area contributed by atoms with Gasteiger partial charge in [-0.15, -0.1) is 0 Å². The summed E-state index contributed by atoms with van der Waals surface area (Å²) < 4.78 is 0. The van der Waals surface area contributed by atoms with Crippen molar-refractivity contribution in [2.24, 2.45) is 0 Å². The number of benzene rings is 2. The van der Waals surface area contributed by atoms with Crippen LogP contribution < -0.4 is 0 Å². The Kier molecular flexibility index (Phi) is 5.94. The maximum Gasteiger partial charge on any atom is 0.254 e. The van der Waals surface area contributed by atoms with Crippen LogP contribution in [-0.4, -0.2) is 40.7 Å². The van der Waals surface area contributed by atoms with E-state index in [1.807, 2.05) is 72.2 Å². The topological polar surface area (TPSA) is 40.6 Å². The van der Waals surface area contributed by atoms with Gasteiger partial charge in [-0.2, -0.15) is 0 Å². The maximum atomic E-state index is 13.2. The van der Waals surface area contributed by atoms with E-state index in [4.69, 9.17) is 0 Å². The third-order valence-corrected chi connectivity index (χ3v) is 5.44. The summed E-state index contributed by atoms with van der Waals surface area (Å²) in [6.45, 7) is 7.70. The SMILES string of the molecule is CCC1CN(C(=O)c2c(C)cccc2C)CCC(=O)N1Cc1ccccc1. The lowest BCUT2D eigenvalue weighted by Crippen LogP contribution is -2.44. The zero-order valence-corrected chi connectivity index (χ0v) is 16.4. The smallest absolute Gasteiger partial charge is 0.254 e. The molecule has 1 atom stereocenters. The Labute approximate surface area is 161 Å². The highest BCUT2D eigenvalue weighted by atomic mass is 16.2. The van der Waals surface area contributed by atoms with Crippen LogP contribution in [0.2, 0.25) is 0 Å². The Hall–Kier alpha value is -2.62. The minimum atomic E-state index is 0.0356. The van der Waals surface area contributed by atoms with E-state index in [1.165, 1.54) is 0 Å². The van der Waals surface area contributed by atoms with Gasteiger partial charge in [0.2, 0.25) is 5.91 Å². The maximum absolute atomic E-state index is 13.2. The fourth-order valence-corrected chi connectivity index (χ4v) is 3.86. The average Bonchev–Trinajstić information content (AvgIpc) is 2.82. The summed E-state index contributed by atoms with van der Waals surface area (Å²) in [5, 5.41) is 0. The van der Waals surface area contributed by atoms with Crippen LogP contribution >= 0.6 is 0 Å². The molecule has 0 aliphatic carbocycles. The summed E-state index contributed by atoms with van der Waals surface area (Å²) in [7, 11) is 0. The largest absolute Gasteiger partial charge is 0.336 e. The Morgan fingerprint density at radius 3 is 2.33 bits per heavy atom. The number of nitrogens with zero attached hydrogens (tertiary/aromatic N) is 2. The monoisotopic (exact) mass is 364 g/mol. The fraction of sp³-hybridized carbons (Fsp3) is 0.391. The van der Waals surface area contributed by atoms with E-state index < -0.39 is 0 Å². The summed E-state index contributed by atoms with van der Waals surface area (Å²) >= 11 is 0. The van der Waals surface area contributed by atoms with E-state index in [2.05, 4.69) is 6.92 Å². The molecule has 2 aromatic carbocycles. The van der Waals surface area contributed by atoms with E-state index in [0.717, 1.165) is 28.7 Å². The lowest BCUT2D eigenvalue weighted by Gasteiger charge is -2.31. The number of hydrogen-bond acceptors (Lipinski definition) is 2. The van der Waals surface area contributed by atoms with Gasteiger partial charge in [0.25, 0.3) is 5.91 Å². The summed E-state index contributed by atoms with van der Waals surface area (Å²) in [6.07, 6.45) is 1.20. The van der Waals surface area contributed by atoms with Crippen LogP contribution in [-0.2, 0) is 11.3 Å². The summed E-state index contributed by atoms with van der Waals surface area (Å²) in [5.74, 6) is 0.168. The number of carbonyl (C=O) groups is 2. The zero-order chi connectivity index (χ0) is 19.4. The molecule has 2 amide bonds. The molecule has 3 rings (SSSR count). The van der Waals surface area contributed by atoms with Crippen molar-refractivity contribution in [2.75, 3.05) is 13.1 Å². The molecule has 1 fully saturated rings. The van der Waals surface area contributed by atoms with Gasteiger partial charge in [0, 0.05) is 37.7 Å². The third kappa shape index (κ3) is 4.21. The molecule has 0 spiro atoms. The number of aryl methyl sites for hydroxylation is 2. The molecule has 0 N–H and O–H groups in total. The first-order valence-electron chi connectivity index (χ1n) is 9.70. The molecule has 1 aliphatic rings. The molecule has 0 bridgehead atoms. The molecule has 1 saturated heterocycles. The van der Waals surface area contributed by atoms with Crippen molar-refractivity contribution < 1.29 is 9.59 Å². The molecular formula is C23H28N2O2. The van der Waals surface area contributed by atoms with Crippen LogP contribution in [0, 0.1) is 13.8 Å². The van der Waals surface area contributed by atoms with E-state index in [-0.39, 0.29) is 17.9 Å². The Balaban J connectivity index is 1.83. The Morgan fingerprint density at radius 1 is 1.04 bits per heavy atom. The molecule has 1 heterocycles. The summed E-state index contributed by atoms with van der Waals surface area (Å²) in [5.41, 5.74) is 3.88. The predicted molar refractivity (Wildman–Crippen MR) is 108 cm³/mol. The van der Waals surface area contributed by atoms with Crippen LogP contribution in [0.15, 0.2) is 48.5 Å². The standard InChI is InChI=1S/C23H28N2O2/c1-4-20-16-24(23(27)22-17(2)9-8-10-18(22)3)14-13-21(26)25(20)15-19-11-6-5-7-12-19/h5-12,20H,4,13-16H2,1-3H3. The molecule has 1 aliphatic heterocycles. The molecule has 2 aromatic rings. The van der Waals surface area contributed by atoms with E-state index in [9.17, 15) is 9.59 Å². The number of rotatable bonds is 4. The Bertz CT molecular complexity index is 796. The first-order chi connectivity index (χ1) is 13.0. The number of amides is 2. The molecule has 0 saturated carbocycles. The second-order valence-corrected chi connectivity index (χ2v) is 7.34. The van der Waals surface area contributed by atoms with E-state index >= 15 is 0 Å². The average molecular weight is 364 g/mol. The van der Waals surface area contributed by atoms with Gasteiger partial charge in [-0.05, 0) is 37.0 Å². The highest BCUT2D eigenvalue weighted by Gasteiger charge is 2.31. The van der Waals surface area contributed by atoms with Gasteiger partial charge in [-0.25, -0.2) is 0 Å². The van der Waals surface area contributed by atoms with Crippen molar-refractivity contribution in [3.05, 3.63) is 70.8 Å².